The molecule has 0 radical (unpaired) electrons. The summed E-state index contributed by atoms with van der Waals surface area (Å²) < 4.78 is 74.4. The van der Waals surface area contributed by atoms with Crippen LogP contribution in [0.5, 0.6) is 0 Å². The summed E-state index contributed by atoms with van der Waals surface area (Å²) in [5.74, 6) is -1.29. The molecule has 0 aliphatic heterocycles. The maximum Gasteiger partial charge on any atom is 0.523 e. The molecule has 2 aromatic carbocycles. The first kappa shape index (κ1) is 21.9. The monoisotopic (exact) mass is 418 g/mol. The van der Waals surface area contributed by atoms with Crippen LogP contribution in [0.4, 0.5) is 13.2 Å². The van der Waals surface area contributed by atoms with Gasteiger partial charge >= 0.3 is 21.6 Å². The highest BCUT2D eigenvalue weighted by atomic mass is 32.2. The molecule has 0 aromatic heterocycles. The molecule has 6 nitrogen and oxygen atoms in total. The largest absolute Gasteiger partial charge is 0.523 e. The predicted molar refractivity (Wildman–Crippen MR) is 92.2 cm³/mol. The number of hydrogen-bond acceptors (Lipinski definition) is 6. The van der Waals surface area contributed by atoms with Crippen molar-refractivity contribution >= 4 is 16.1 Å². The second-order valence-electron chi connectivity index (χ2n) is 5.58. The Labute approximate surface area is 160 Å². The van der Waals surface area contributed by atoms with Gasteiger partial charge in [0.15, 0.2) is 6.10 Å². The average Bonchev–Trinajstić information content (AvgIpc) is 2.66. The Hall–Kier alpha value is -2.43. The van der Waals surface area contributed by atoms with Crippen molar-refractivity contribution in [2.24, 2.45) is 0 Å². The molecule has 10 heteroatoms. The van der Waals surface area contributed by atoms with Crippen molar-refractivity contribution < 1.29 is 40.0 Å². The number of carbonyl (C=O) groups is 1. The predicted octanol–water partition coefficient (Wildman–Crippen LogP) is 3.18. The minimum Gasteiger partial charge on any atom is -0.459 e. The fourth-order valence-electron chi connectivity index (χ4n) is 2.02. The number of halogens is 3. The highest BCUT2D eigenvalue weighted by Gasteiger charge is 2.49. The van der Waals surface area contributed by atoms with E-state index in [4.69, 9.17) is 9.47 Å². The van der Waals surface area contributed by atoms with Gasteiger partial charge in [-0.2, -0.15) is 21.6 Å². The molecule has 0 heterocycles. The van der Waals surface area contributed by atoms with E-state index in [1.54, 1.807) is 60.7 Å². The number of ether oxygens (including phenoxy) is 2. The summed E-state index contributed by atoms with van der Waals surface area (Å²) in [5, 5.41) is 0. The molecule has 1 atom stereocenters. The van der Waals surface area contributed by atoms with Crippen LogP contribution in [-0.2, 0) is 41.8 Å². The van der Waals surface area contributed by atoms with E-state index in [0.29, 0.717) is 11.1 Å². The number of alkyl halides is 3. The Morgan fingerprint density at radius 3 is 1.89 bits per heavy atom. The first-order valence-electron chi connectivity index (χ1n) is 8.01. The smallest absolute Gasteiger partial charge is 0.459 e. The first-order valence-corrected chi connectivity index (χ1v) is 9.41. The van der Waals surface area contributed by atoms with Gasteiger partial charge in [-0.3, -0.25) is 0 Å². The van der Waals surface area contributed by atoms with Crippen LogP contribution in [0.1, 0.15) is 11.1 Å². The molecule has 28 heavy (non-hydrogen) atoms. The molecule has 0 fully saturated rings. The Bertz CT molecular complexity index is 854. The van der Waals surface area contributed by atoms with Gasteiger partial charge in [-0.1, -0.05) is 60.7 Å². The zero-order valence-corrected chi connectivity index (χ0v) is 15.3. The van der Waals surface area contributed by atoms with Crippen LogP contribution in [0.15, 0.2) is 60.7 Å². The molecule has 0 N–H and O–H groups in total. The number of rotatable bonds is 9. The van der Waals surface area contributed by atoms with Crippen LogP contribution in [0.25, 0.3) is 0 Å². The summed E-state index contributed by atoms with van der Waals surface area (Å²) in [6.07, 6.45) is -2.10. The third-order valence-electron chi connectivity index (χ3n) is 3.39. The molecule has 0 aliphatic carbocycles. The Kier molecular flexibility index (Phi) is 7.55. The van der Waals surface area contributed by atoms with Crippen LogP contribution < -0.4 is 0 Å². The maximum absolute atomic E-state index is 12.6. The molecule has 2 aromatic rings. The minimum absolute atomic E-state index is 0.0568. The second kappa shape index (κ2) is 9.67. The van der Waals surface area contributed by atoms with E-state index < -0.39 is 34.3 Å². The molecule has 0 bridgehead atoms. The number of benzene rings is 2. The van der Waals surface area contributed by atoms with Gasteiger partial charge in [0, 0.05) is 0 Å². The van der Waals surface area contributed by atoms with Gasteiger partial charge in [0.25, 0.3) is 0 Å². The quantitative estimate of drug-likeness (QED) is 0.354. The number of carbonyl (C=O) groups excluding carboxylic acids is 1. The Morgan fingerprint density at radius 2 is 1.39 bits per heavy atom. The lowest BCUT2D eigenvalue weighted by atomic mass is 10.2. The SMILES string of the molecule is O=C(OCc1ccccc1)[C@@H](COCc1ccccc1)OS(=O)(=O)C(F)(F)F. The number of hydrogen-bond donors (Lipinski definition) is 0. The molecule has 2 rings (SSSR count). The standard InChI is InChI=1S/C18H17F3O6S/c19-18(20,21)28(23,24)27-16(13-25-11-14-7-3-1-4-8-14)17(22)26-12-15-9-5-2-6-10-15/h1-10,16H,11-13H2/t16-/m1/s1. The molecular formula is C18H17F3O6S. The van der Waals surface area contributed by atoms with Crippen LogP contribution in [-0.4, -0.2) is 32.6 Å². The van der Waals surface area contributed by atoms with Gasteiger partial charge in [-0.05, 0) is 11.1 Å². The highest BCUT2D eigenvalue weighted by Crippen LogP contribution is 2.26. The topological polar surface area (TPSA) is 78.9 Å². The second-order valence-corrected chi connectivity index (χ2v) is 7.14. The molecule has 0 amide bonds. The zero-order chi connectivity index (χ0) is 20.6. The summed E-state index contributed by atoms with van der Waals surface area (Å²) in [7, 11) is -6.00. The summed E-state index contributed by atoms with van der Waals surface area (Å²) >= 11 is 0. The zero-order valence-electron chi connectivity index (χ0n) is 14.5. The van der Waals surface area contributed by atoms with E-state index >= 15 is 0 Å². The molecule has 152 valence electrons. The summed E-state index contributed by atoms with van der Waals surface area (Å²) in [6, 6.07) is 16.9. The van der Waals surface area contributed by atoms with E-state index in [2.05, 4.69) is 4.18 Å². The van der Waals surface area contributed by atoms with Crippen molar-refractivity contribution in [3.63, 3.8) is 0 Å². The fraction of sp³-hybridized carbons (Fsp3) is 0.278. The molecule has 0 aliphatic rings. The van der Waals surface area contributed by atoms with Crippen molar-refractivity contribution in [1.29, 1.82) is 0 Å². The highest BCUT2D eigenvalue weighted by molar-refractivity contribution is 7.87. The van der Waals surface area contributed by atoms with Crippen LogP contribution in [0.2, 0.25) is 0 Å². The van der Waals surface area contributed by atoms with Gasteiger partial charge in [-0.15, -0.1) is 0 Å². The third kappa shape index (κ3) is 6.63. The van der Waals surface area contributed by atoms with Gasteiger partial charge < -0.3 is 9.47 Å². The minimum atomic E-state index is -6.00. The van der Waals surface area contributed by atoms with E-state index in [1.165, 1.54) is 0 Å². The molecule has 0 spiro atoms. The number of esters is 1. The van der Waals surface area contributed by atoms with Crippen LogP contribution in [0, 0.1) is 0 Å². The van der Waals surface area contributed by atoms with Gasteiger partial charge in [0.2, 0.25) is 0 Å². The first-order chi connectivity index (χ1) is 13.2. The lowest BCUT2D eigenvalue weighted by Crippen LogP contribution is -2.38. The molecule has 0 unspecified atom stereocenters. The third-order valence-corrected chi connectivity index (χ3v) is 4.45. The van der Waals surface area contributed by atoms with Crippen molar-refractivity contribution in [1.82, 2.24) is 0 Å². The van der Waals surface area contributed by atoms with Crippen molar-refractivity contribution in [3.05, 3.63) is 71.8 Å². The normalized spacial score (nSPS) is 13.1. The van der Waals surface area contributed by atoms with Gasteiger partial charge in [-0.25, -0.2) is 8.98 Å². The lowest BCUT2D eigenvalue weighted by molar-refractivity contribution is -0.157. The molecule has 0 saturated carbocycles. The van der Waals surface area contributed by atoms with Crippen LogP contribution >= 0.6 is 0 Å². The van der Waals surface area contributed by atoms with Crippen molar-refractivity contribution in [2.45, 2.75) is 24.8 Å². The van der Waals surface area contributed by atoms with E-state index in [0.717, 1.165) is 0 Å². The summed E-state index contributed by atoms with van der Waals surface area (Å²) in [5.41, 5.74) is -4.43. The summed E-state index contributed by atoms with van der Waals surface area (Å²) in [4.78, 5) is 12.1. The van der Waals surface area contributed by atoms with E-state index in [9.17, 15) is 26.4 Å². The van der Waals surface area contributed by atoms with E-state index in [-0.39, 0.29) is 13.2 Å². The Balaban J connectivity index is 2.02. The van der Waals surface area contributed by atoms with Crippen molar-refractivity contribution in [2.75, 3.05) is 6.61 Å². The molecular weight excluding hydrogens is 401 g/mol. The molecule has 0 saturated heterocycles. The van der Waals surface area contributed by atoms with E-state index in [1.807, 2.05) is 0 Å². The maximum atomic E-state index is 12.6. The summed E-state index contributed by atoms with van der Waals surface area (Å²) in [6.45, 7) is -1.05. The fourth-order valence-corrected chi connectivity index (χ4v) is 2.57. The van der Waals surface area contributed by atoms with Crippen molar-refractivity contribution in [3.8, 4) is 0 Å². The van der Waals surface area contributed by atoms with Gasteiger partial charge in [0.05, 0.1) is 13.2 Å². The lowest BCUT2D eigenvalue weighted by Gasteiger charge is -2.18. The van der Waals surface area contributed by atoms with Gasteiger partial charge in [0.1, 0.15) is 6.61 Å². The average molecular weight is 418 g/mol. The Morgan fingerprint density at radius 1 is 0.893 bits per heavy atom. The van der Waals surface area contributed by atoms with Crippen LogP contribution in [0.3, 0.4) is 0 Å².